The molecule has 0 aromatic carbocycles. The molecule has 3 amide bonds. The van der Waals surface area contributed by atoms with Crippen molar-refractivity contribution >= 4 is 29.4 Å². The second kappa shape index (κ2) is 11.3. The Kier molecular flexibility index (Phi) is 7.72. The fourth-order valence-corrected chi connectivity index (χ4v) is 5.31. The Morgan fingerprint density at radius 3 is 2.82 bits per heavy atom. The highest BCUT2D eigenvalue weighted by Gasteiger charge is 2.41. The molecule has 12 nitrogen and oxygen atoms in total. The van der Waals surface area contributed by atoms with Gasteiger partial charge in [-0.15, -0.1) is 0 Å². The highest BCUT2D eigenvalue weighted by molar-refractivity contribution is 5.88. The number of pyridine rings is 1. The molecular formula is C25H33FN8O4. The summed E-state index contributed by atoms with van der Waals surface area (Å²) in [5, 5.41) is 8.84. The van der Waals surface area contributed by atoms with Crippen molar-refractivity contribution < 1.29 is 23.5 Å². The van der Waals surface area contributed by atoms with Gasteiger partial charge in [0, 0.05) is 63.0 Å². The number of anilines is 3. The van der Waals surface area contributed by atoms with Crippen LogP contribution >= 0.6 is 0 Å². The molecule has 13 heteroatoms. The van der Waals surface area contributed by atoms with E-state index in [1.54, 1.807) is 25.4 Å². The van der Waals surface area contributed by atoms with E-state index in [-0.39, 0.29) is 24.9 Å². The van der Waals surface area contributed by atoms with Crippen molar-refractivity contribution in [3.05, 3.63) is 30.7 Å². The number of nitrogens with one attached hydrogen (secondary N) is 3. The SMILES string of the molecule is CCOc1cnc(NC(=O)N(C)[C@H]2CN(c3cc(NC(=O)O[C@H]4C[C@H]5C[C@@H]4CN5)ccn3)CC[C@H]2F)cn1. The van der Waals surface area contributed by atoms with Crippen LogP contribution in [0.5, 0.6) is 5.88 Å². The van der Waals surface area contributed by atoms with Gasteiger partial charge in [0.25, 0.3) is 0 Å². The van der Waals surface area contributed by atoms with Gasteiger partial charge in [-0.2, -0.15) is 0 Å². The third-order valence-corrected chi connectivity index (χ3v) is 7.35. The lowest BCUT2D eigenvalue weighted by molar-refractivity contribution is 0.0801. The molecule has 3 N–H and O–H groups in total. The second-order valence-corrected chi connectivity index (χ2v) is 9.84. The van der Waals surface area contributed by atoms with Gasteiger partial charge in [-0.1, -0.05) is 0 Å². The molecule has 204 valence electrons. The molecule has 1 saturated carbocycles. The highest BCUT2D eigenvalue weighted by Crippen LogP contribution is 2.33. The molecule has 0 spiro atoms. The Labute approximate surface area is 220 Å². The Hall–Kier alpha value is -3.74. The lowest BCUT2D eigenvalue weighted by Gasteiger charge is -2.40. The van der Waals surface area contributed by atoms with Crippen LogP contribution in [0.2, 0.25) is 0 Å². The summed E-state index contributed by atoms with van der Waals surface area (Å²) in [6.07, 6.45) is 4.73. The van der Waals surface area contributed by atoms with Crippen molar-refractivity contribution in [2.45, 2.75) is 50.5 Å². The number of piperidine rings is 2. The number of urea groups is 1. The van der Waals surface area contributed by atoms with Gasteiger partial charge in [0.05, 0.1) is 25.0 Å². The molecular weight excluding hydrogens is 495 g/mol. The van der Waals surface area contributed by atoms with E-state index in [2.05, 4.69) is 30.9 Å². The van der Waals surface area contributed by atoms with Crippen molar-refractivity contribution in [3.8, 4) is 5.88 Å². The average Bonchev–Trinajstić information content (AvgIpc) is 3.53. The number of alkyl halides is 1. The third-order valence-electron chi connectivity index (χ3n) is 7.35. The minimum absolute atomic E-state index is 0.0674. The van der Waals surface area contributed by atoms with E-state index < -0.39 is 24.3 Å². The summed E-state index contributed by atoms with van der Waals surface area (Å²) < 4.78 is 25.8. The van der Waals surface area contributed by atoms with Gasteiger partial charge in [-0.05, 0) is 25.8 Å². The molecule has 2 aromatic heterocycles. The number of amides is 3. The van der Waals surface area contributed by atoms with Crippen LogP contribution in [0.4, 0.5) is 31.3 Å². The number of rotatable bonds is 7. The number of hydrogen-bond donors (Lipinski definition) is 3. The maximum Gasteiger partial charge on any atom is 0.411 e. The number of carbonyl (C=O) groups is 2. The molecule has 2 aliphatic heterocycles. The van der Waals surface area contributed by atoms with Gasteiger partial charge in [0.15, 0.2) is 5.82 Å². The fourth-order valence-electron chi connectivity index (χ4n) is 5.31. The summed E-state index contributed by atoms with van der Waals surface area (Å²) >= 11 is 0. The van der Waals surface area contributed by atoms with Crippen LogP contribution < -0.4 is 25.6 Å². The number of aromatic nitrogens is 3. The molecule has 5 rings (SSSR count). The van der Waals surface area contributed by atoms with Crippen LogP contribution in [0.15, 0.2) is 30.7 Å². The van der Waals surface area contributed by atoms with Crippen LogP contribution in [-0.2, 0) is 4.74 Å². The Morgan fingerprint density at radius 2 is 2.11 bits per heavy atom. The van der Waals surface area contributed by atoms with E-state index in [1.807, 2.05) is 11.8 Å². The third kappa shape index (κ3) is 5.87. The van der Waals surface area contributed by atoms with Crippen LogP contribution in [-0.4, -0.2) is 89.6 Å². The van der Waals surface area contributed by atoms with Crippen molar-refractivity contribution in [2.24, 2.45) is 5.92 Å². The van der Waals surface area contributed by atoms with Crippen molar-refractivity contribution in [3.63, 3.8) is 0 Å². The van der Waals surface area contributed by atoms with Gasteiger partial charge in [-0.25, -0.2) is 28.9 Å². The molecule has 3 aliphatic rings. The first-order valence-electron chi connectivity index (χ1n) is 12.9. The summed E-state index contributed by atoms with van der Waals surface area (Å²) in [4.78, 5) is 41.2. The predicted octanol–water partition coefficient (Wildman–Crippen LogP) is 2.65. The Morgan fingerprint density at radius 1 is 1.24 bits per heavy atom. The van der Waals surface area contributed by atoms with E-state index in [0.717, 1.165) is 19.4 Å². The molecule has 5 atom stereocenters. The van der Waals surface area contributed by atoms with E-state index in [1.165, 1.54) is 17.3 Å². The summed E-state index contributed by atoms with van der Waals surface area (Å²) in [7, 11) is 1.55. The lowest BCUT2D eigenvalue weighted by atomic mass is 10.0. The van der Waals surface area contributed by atoms with Crippen LogP contribution in [0.3, 0.4) is 0 Å². The van der Waals surface area contributed by atoms with Gasteiger partial charge in [0.1, 0.15) is 18.1 Å². The monoisotopic (exact) mass is 528 g/mol. The number of likely N-dealkylation sites (N-methyl/N-ethyl adjacent to an activating group) is 1. The molecule has 2 saturated heterocycles. The molecule has 2 aromatic rings. The van der Waals surface area contributed by atoms with E-state index >= 15 is 0 Å². The summed E-state index contributed by atoms with van der Waals surface area (Å²) in [5.74, 6) is 1.54. The zero-order chi connectivity index (χ0) is 26.6. The first-order chi connectivity index (χ1) is 18.4. The van der Waals surface area contributed by atoms with Crippen LogP contribution in [0.25, 0.3) is 0 Å². The molecule has 4 heterocycles. The number of ether oxygens (including phenoxy) is 2. The lowest BCUT2D eigenvalue weighted by Crippen LogP contribution is -2.55. The van der Waals surface area contributed by atoms with Crippen molar-refractivity contribution in [1.29, 1.82) is 0 Å². The largest absolute Gasteiger partial charge is 0.477 e. The molecule has 1 aliphatic carbocycles. The second-order valence-electron chi connectivity index (χ2n) is 9.84. The minimum Gasteiger partial charge on any atom is -0.477 e. The van der Waals surface area contributed by atoms with E-state index in [4.69, 9.17) is 9.47 Å². The molecule has 38 heavy (non-hydrogen) atoms. The first kappa shape index (κ1) is 25.9. The maximum atomic E-state index is 14.9. The smallest absolute Gasteiger partial charge is 0.411 e. The zero-order valence-electron chi connectivity index (χ0n) is 21.5. The molecule has 0 unspecified atom stereocenters. The molecule has 2 bridgehead atoms. The quantitative estimate of drug-likeness (QED) is 0.496. The standard InChI is InChI=1S/C25H33FN8O4/c1-3-37-23-13-29-21(12-30-23)32-24(35)33(2)19-14-34(7-5-18(19)26)22-10-16(4-6-27-22)31-25(36)38-20-9-17-8-15(20)11-28-17/h4,6,10,12-13,15,17-20,28H,3,5,7-9,11,14H2,1-2H3,(H,27,31,36)(H,29,32,35)/t15-,17-,18-,19+,20+/m1/s1. The number of carbonyl (C=O) groups excluding carboxylic acids is 2. The van der Waals surface area contributed by atoms with E-state index in [0.29, 0.717) is 42.5 Å². The predicted molar refractivity (Wildman–Crippen MR) is 138 cm³/mol. The Balaban J connectivity index is 1.18. The average molecular weight is 529 g/mol. The van der Waals surface area contributed by atoms with Crippen molar-refractivity contribution in [1.82, 2.24) is 25.2 Å². The van der Waals surface area contributed by atoms with Crippen LogP contribution in [0, 0.1) is 5.92 Å². The summed E-state index contributed by atoms with van der Waals surface area (Å²) in [5.41, 5.74) is 0.542. The first-order valence-corrected chi connectivity index (χ1v) is 12.9. The maximum absolute atomic E-state index is 14.9. The fraction of sp³-hybridized carbons (Fsp3) is 0.560. The summed E-state index contributed by atoms with van der Waals surface area (Å²) in [6, 6.07) is 2.64. The highest BCUT2D eigenvalue weighted by atomic mass is 19.1. The molecule has 3 fully saturated rings. The van der Waals surface area contributed by atoms with Gasteiger partial charge in [-0.3, -0.25) is 10.6 Å². The normalized spacial score (nSPS) is 26.1. The summed E-state index contributed by atoms with van der Waals surface area (Å²) in [6.45, 7) is 3.83. The number of hydrogen-bond acceptors (Lipinski definition) is 9. The number of nitrogens with zero attached hydrogens (tertiary/aromatic N) is 5. The van der Waals surface area contributed by atoms with Gasteiger partial charge in [0.2, 0.25) is 5.88 Å². The number of halogens is 1. The Bertz CT molecular complexity index is 1140. The van der Waals surface area contributed by atoms with Crippen molar-refractivity contribution in [2.75, 3.05) is 48.8 Å². The van der Waals surface area contributed by atoms with E-state index in [9.17, 15) is 14.0 Å². The van der Waals surface area contributed by atoms with Gasteiger partial charge >= 0.3 is 12.1 Å². The number of fused-ring (bicyclic) bond motifs is 2. The molecule has 0 radical (unpaired) electrons. The zero-order valence-corrected chi connectivity index (χ0v) is 21.5. The topological polar surface area (TPSA) is 134 Å². The minimum atomic E-state index is -1.21. The van der Waals surface area contributed by atoms with Gasteiger partial charge < -0.3 is 24.6 Å². The van der Waals surface area contributed by atoms with Crippen LogP contribution in [0.1, 0.15) is 26.2 Å².